The molecular weight excluding hydrogens is 270 g/mol. The molecule has 1 saturated heterocycles. The molecule has 1 amide bonds. The second-order valence-electron chi connectivity index (χ2n) is 5.05. The molecule has 2 aromatic rings. The predicted molar refractivity (Wildman–Crippen MR) is 77.0 cm³/mol. The Hall–Kier alpha value is -2.25. The van der Waals surface area contributed by atoms with Gasteiger partial charge in [0, 0.05) is 31.8 Å². The number of carbonyl (C=O) groups excluding carboxylic acids is 1. The standard InChI is InChI=1S/C14H17N5O2/c15-14(4-9-21-10-5-14)13(20)18-11-3-1-6-16-12(11)19-8-2-7-17-19/h1-3,6-8H,4-5,9-10,15H2,(H,18,20). The average molecular weight is 287 g/mol. The van der Waals surface area contributed by atoms with Crippen molar-refractivity contribution in [2.45, 2.75) is 18.4 Å². The molecule has 3 N–H and O–H groups in total. The minimum absolute atomic E-state index is 0.216. The van der Waals surface area contributed by atoms with Crippen molar-refractivity contribution in [1.82, 2.24) is 14.8 Å². The van der Waals surface area contributed by atoms with E-state index in [4.69, 9.17) is 10.5 Å². The summed E-state index contributed by atoms with van der Waals surface area (Å²) in [5.41, 5.74) is 5.88. The highest BCUT2D eigenvalue weighted by molar-refractivity contribution is 5.99. The molecule has 21 heavy (non-hydrogen) atoms. The minimum atomic E-state index is -0.893. The van der Waals surface area contributed by atoms with E-state index in [1.807, 2.05) is 0 Å². The van der Waals surface area contributed by atoms with Gasteiger partial charge in [-0.05, 0) is 31.0 Å². The van der Waals surface area contributed by atoms with Gasteiger partial charge >= 0.3 is 0 Å². The molecule has 110 valence electrons. The van der Waals surface area contributed by atoms with Crippen molar-refractivity contribution in [3.63, 3.8) is 0 Å². The summed E-state index contributed by atoms with van der Waals surface area (Å²) in [6.07, 6.45) is 6.10. The molecule has 1 aliphatic heterocycles. The molecule has 0 saturated carbocycles. The van der Waals surface area contributed by atoms with E-state index in [1.54, 1.807) is 41.5 Å². The van der Waals surface area contributed by atoms with Crippen molar-refractivity contribution >= 4 is 11.6 Å². The summed E-state index contributed by atoms with van der Waals surface area (Å²) in [6.45, 7) is 1.01. The third-order valence-electron chi connectivity index (χ3n) is 3.59. The molecule has 2 aromatic heterocycles. The van der Waals surface area contributed by atoms with Crippen LogP contribution in [0.3, 0.4) is 0 Å². The number of carbonyl (C=O) groups is 1. The van der Waals surface area contributed by atoms with Gasteiger partial charge in [-0.2, -0.15) is 5.10 Å². The molecule has 1 fully saturated rings. The summed E-state index contributed by atoms with van der Waals surface area (Å²) >= 11 is 0. The Morgan fingerprint density at radius 3 is 2.86 bits per heavy atom. The fraction of sp³-hybridized carbons (Fsp3) is 0.357. The van der Waals surface area contributed by atoms with Crippen LogP contribution in [0.5, 0.6) is 0 Å². The van der Waals surface area contributed by atoms with Gasteiger partial charge in [0.15, 0.2) is 5.82 Å². The lowest BCUT2D eigenvalue weighted by molar-refractivity contribution is -0.124. The van der Waals surface area contributed by atoms with Crippen molar-refractivity contribution in [3.05, 3.63) is 36.8 Å². The minimum Gasteiger partial charge on any atom is -0.381 e. The van der Waals surface area contributed by atoms with Gasteiger partial charge in [-0.3, -0.25) is 4.79 Å². The fourth-order valence-corrected chi connectivity index (χ4v) is 2.28. The Morgan fingerprint density at radius 2 is 2.14 bits per heavy atom. The number of hydrogen-bond donors (Lipinski definition) is 2. The van der Waals surface area contributed by atoms with Crippen molar-refractivity contribution in [3.8, 4) is 5.82 Å². The first-order chi connectivity index (χ1) is 10.2. The van der Waals surface area contributed by atoms with Gasteiger partial charge in [-0.15, -0.1) is 0 Å². The first-order valence-electron chi connectivity index (χ1n) is 6.82. The van der Waals surface area contributed by atoms with Crippen LogP contribution in [0, 0.1) is 0 Å². The zero-order valence-corrected chi connectivity index (χ0v) is 11.5. The fourth-order valence-electron chi connectivity index (χ4n) is 2.28. The van der Waals surface area contributed by atoms with Crippen LogP contribution in [0.2, 0.25) is 0 Å². The number of amides is 1. The van der Waals surface area contributed by atoms with E-state index in [0.29, 0.717) is 37.6 Å². The molecule has 7 heteroatoms. The highest BCUT2D eigenvalue weighted by Crippen LogP contribution is 2.22. The van der Waals surface area contributed by atoms with Gasteiger partial charge in [0.2, 0.25) is 5.91 Å². The Morgan fingerprint density at radius 1 is 1.33 bits per heavy atom. The summed E-state index contributed by atoms with van der Waals surface area (Å²) < 4.78 is 6.86. The van der Waals surface area contributed by atoms with E-state index in [0.717, 1.165) is 0 Å². The predicted octanol–water partition coefficient (Wildman–Crippen LogP) is 0.714. The largest absolute Gasteiger partial charge is 0.381 e. The van der Waals surface area contributed by atoms with E-state index in [-0.39, 0.29) is 5.91 Å². The van der Waals surface area contributed by atoms with E-state index < -0.39 is 5.54 Å². The Kier molecular flexibility index (Phi) is 3.68. The topological polar surface area (TPSA) is 95.1 Å². The zero-order valence-electron chi connectivity index (χ0n) is 11.5. The van der Waals surface area contributed by atoms with E-state index in [9.17, 15) is 4.79 Å². The van der Waals surface area contributed by atoms with Crippen molar-refractivity contribution in [1.29, 1.82) is 0 Å². The third-order valence-corrected chi connectivity index (χ3v) is 3.59. The molecule has 0 radical (unpaired) electrons. The molecule has 0 aromatic carbocycles. The Bertz CT molecular complexity index is 620. The van der Waals surface area contributed by atoms with Crippen LogP contribution < -0.4 is 11.1 Å². The number of nitrogens with two attached hydrogens (primary N) is 1. The van der Waals surface area contributed by atoms with Crippen LogP contribution in [0.1, 0.15) is 12.8 Å². The molecule has 0 atom stereocenters. The summed E-state index contributed by atoms with van der Waals surface area (Å²) in [6, 6.07) is 5.34. The second kappa shape index (κ2) is 5.63. The molecular formula is C14H17N5O2. The van der Waals surface area contributed by atoms with E-state index in [1.165, 1.54) is 0 Å². The van der Waals surface area contributed by atoms with E-state index >= 15 is 0 Å². The van der Waals surface area contributed by atoms with Crippen molar-refractivity contribution in [2.24, 2.45) is 5.73 Å². The molecule has 3 rings (SSSR count). The maximum absolute atomic E-state index is 12.5. The maximum atomic E-state index is 12.5. The first kappa shape index (κ1) is 13.7. The highest BCUT2D eigenvalue weighted by Gasteiger charge is 2.36. The smallest absolute Gasteiger partial charge is 0.244 e. The molecule has 0 unspecified atom stereocenters. The number of nitrogens with one attached hydrogen (secondary N) is 1. The molecule has 1 aliphatic rings. The van der Waals surface area contributed by atoms with Crippen molar-refractivity contribution in [2.75, 3.05) is 18.5 Å². The number of nitrogens with zero attached hydrogens (tertiary/aromatic N) is 3. The SMILES string of the molecule is NC1(C(=O)Nc2cccnc2-n2cccn2)CCOCC1. The normalized spacial score (nSPS) is 17.4. The van der Waals surface area contributed by atoms with Gasteiger partial charge < -0.3 is 15.8 Å². The van der Waals surface area contributed by atoms with Gasteiger partial charge in [0.25, 0.3) is 0 Å². The van der Waals surface area contributed by atoms with E-state index in [2.05, 4.69) is 15.4 Å². The number of pyridine rings is 1. The summed E-state index contributed by atoms with van der Waals surface area (Å²) in [7, 11) is 0. The lowest BCUT2D eigenvalue weighted by Gasteiger charge is -2.31. The van der Waals surface area contributed by atoms with Gasteiger partial charge in [-0.1, -0.05) is 0 Å². The maximum Gasteiger partial charge on any atom is 0.244 e. The number of hydrogen-bond acceptors (Lipinski definition) is 5. The highest BCUT2D eigenvalue weighted by atomic mass is 16.5. The van der Waals surface area contributed by atoms with Crippen LogP contribution in [0.4, 0.5) is 5.69 Å². The van der Waals surface area contributed by atoms with Gasteiger partial charge in [0.1, 0.15) is 5.54 Å². The Labute approximate surface area is 122 Å². The molecule has 7 nitrogen and oxygen atoms in total. The van der Waals surface area contributed by atoms with Crippen LogP contribution in [0.15, 0.2) is 36.8 Å². The lowest BCUT2D eigenvalue weighted by Crippen LogP contribution is -2.54. The number of aromatic nitrogens is 3. The number of rotatable bonds is 3. The molecule has 0 spiro atoms. The van der Waals surface area contributed by atoms with Gasteiger partial charge in [-0.25, -0.2) is 9.67 Å². The number of ether oxygens (including phenoxy) is 1. The zero-order chi connectivity index (χ0) is 14.7. The molecule has 3 heterocycles. The van der Waals surface area contributed by atoms with Crippen molar-refractivity contribution < 1.29 is 9.53 Å². The third kappa shape index (κ3) is 2.79. The monoisotopic (exact) mass is 287 g/mol. The Balaban J connectivity index is 1.83. The second-order valence-corrected chi connectivity index (χ2v) is 5.05. The van der Waals surface area contributed by atoms with Crippen LogP contribution in [-0.4, -0.2) is 39.4 Å². The van der Waals surface area contributed by atoms with Gasteiger partial charge in [0.05, 0.1) is 5.69 Å². The summed E-state index contributed by atoms with van der Waals surface area (Å²) in [4.78, 5) is 16.7. The lowest BCUT2D eigenvalue weighted by atomic mass is 9.90. The molecule has 0 bridgehead atoms. The molecule has 0 aliphatic carbocycles. The first-order valence-corrected chi connectivity index (χ1v) is 6.82. The van der Waals surface area contributed by atoms with Crippen LogP contribution >= 0.6 is 0 Å². The van der Waals surface area contributed by atoms with Crippen LogP contribution in [0.25, 0.3) is 5.82 Å². The summed E-state index contributed by atoms with van der Waals surface area (Å²) in [5, 5.41) is 7.00. The summed E-state index contributed by atoms with van der Waals surface area (Å²) in [5.74, 6) is 0.346. The van der Waals surface area contributed by atoms with Crippen LogP contribution in [-0.2, 0) is 9.53 Å². The number of anilines is 1. The average Bonchev–Trinajstić information content (AvgIpc) is 3.02. The quantitative estimate of drug-likeness (QED) is 0.867.